The van der Waals surface area contributed by atoms with Gasteiger partial charge in [0.2, 0.25) is 0 Å². The fourth-order valence-corrected chi connectivity index (χ4v) is 2.11. The number of rotatable bonds is 10. The van der Waals surface area contributed by atoms with Crippen molar-refractivity contribution in [3.05, 3.63) is 29.6 Å². The molecule has 2 N–H and O–H groups in total. The van der Waals surface area contributed by atoms with Crippen LogP contribution in [0.25, 0.3) is 0 Å². The lowest BCUT2D eigenvalue weighted by molar-refractivity contribution is -0.129. The highest BCUT2D eigenvalue weighted by Crippen LogP contribution is 2.07. The van der Waals surface area contributed by atoms with Gasteiger partial charge in [0.15, 0.2) is 12.2 Å². The quantitative estimate of drug-likeness (QED) is 0.551. The molecule has 30 heavy (non-hydrogen) atoms. The molecule has 0 spiro atoms. The molecule has 166 valence electrons. The van der Waals surface area contributed by atoms with Crippen LogP contribution >= 0.6 is 0 Å². The van der Waals surface area contributed by atoms with Crippen LogP contribution in [0.2, 0.25) is 0 Å². The molecule has 0 unspecified atom stereocenters. The number of aromatic nitrogens is 1. The van der Waals surface area contributed by atoms with Crippen LogP contribution in [0.4, 0.5) is 0 Å². The maximum Gasteiger partial charge on any atom is 0.357 e. The summed E-state index contributed by atoms with van der Waals surface area (Å²) in [6, 6.07) is 4.15. The monoisotopic (exact) mass is 421 g/mol. The van der Waals surface area contributed by atoms with Gasteiger partial charge in [0.1, 0.15) is 11.4 Å². The first-order valence-electron chi connectivity index (χ1n) is 9.95. The van der Waals surface area contributed by atoms with Crippen molar-refractivity contribution in [2.75, 3.05) is 13.1 Å². The summed E-state index contributed by atoms with van der Waals surface area (Å²) < 4.78 is 10.2. The molecule has 0 fully saturated rings. The van der Waals surface area contributed by atoms with E-state index in [1.807, 2.05) is 27.7 Å². The summed E-state index contributed by atoms with van der Waals surface area (Å²) in [5.74, 6) is -2.02. The van der Waals surface area contributed by atoms with Crippen molar-refractivity contribution in [3.8, 4) is 0 Å². The fourth-order valence-electron chi connectivity index (χ4n) is 2.11. The first-order valence-corrected chi connectivity index (χ1v) is 9.95. The lowest BCUT2D eigenvalue weighted by Gasteiger charge is -2.15. The number of pyridine rings is 1. The highest BCUT2D eigenvalue weighted by molar-refractivity contribution is 5.94. The summed E-state index contributed by atoms with van der Waals surface area (Å²) in [5.41, 5.74) is -0.297. The minimum absolute atomic E-state index is 0.148. The van der Waals surface area contributed by atoms with Gasteiger partial charge in [-0.3, -0.25) is 9.59 Å². The third-order valence-electron chi connectivity index (χ3n) is 3.84. The minimum Gasteiger partial charge on any atom is -0.448 e. The predicted octanol–water partition coefficient (Wildman–Crippen LogP) is 1.72. The van der Waals surface area contributed by atoms with Gasteiger partial charge in [-0.2, -0.15) is 0 Å². The maximum absolute atomic E-state index is 12.3. The van der Waals surface area contributed by atoms with Crippen LogP contribution in [-0.2, 0) is 19.1 Å². The topological polar surface area (TPSA) is 124 Å². The van der Waals surface area contributed by atoms with Crippen LogP contribution in [0, 0.1) is 11.8 Å². The molecule has 0 aliphatic heterocycles. The molecule has 1 aromatic heterocycles. The van der Waals surface area contributed by atoms with Gasteiger partial charge in [0, 0.05) is 13.1 Å². The number of nitrogens with zero attached hydrogens (tertiary/aromatic N) is 1. The summed E-state index contributed by atoms with van der Waals surface area (Å²) in [6.45, 7) is 11.6. The van der Waals surface area contributed by atoms with Crippen LogP contribution in [0.1, 0.15) is 62.5 Å². The van der Waals surface area contributed by atoms with E-state index in [0.29, 0.717) is 13.1 Å². The number of carbonyl (C=O) groups excluding carboxylic acids is 4. The van der Waals surface area contributed by atoms with Crippen molar-refractivity contribution in [1.82, 2.24) is 15.6 Å². The first-order chi connectivity index (χ1) is 14.0. The zero-order valence-electron chi connectivity index (χ0n) is 18.4. The van der Waals surface area contributed by atoms with Gasteiger partial charge in [-0.15, -0.1) is 0 Å². The molecule has 1 heterocycles. The zero-order valence-corrected chi connectivity index (χ0v) is 18.4. The molecule has 0 aromatic carbocycles. The van der Waals surface area contributed by atoms with Crippen LogP contribution in [0.5, 0.6) is 0 Å². The van der Waals surface area contributed by atoms with Gasteiger partial charge in [0.05, 0.1) is 0 Å². The van der Waals surface area contributed by atoms with Crippen LogP contribution < -0.4 is 10.6 Å². The van der Waals surface area contributed by atoms with E-state index in [4.69, 9.17) is 9.47 Å². The molecule has 0 radical (unpaired) electrons. The Morgan fingerprint density at radius 2 is 1.13 bits per heavy atom. The van der Waals surface area contributed by atoms with Crippen molar-refractivity contribution >= 4 is 23.8 Å². The van der Waals surface area contributed by atoms with E-state index in [1.165, 1.54) is 32.0 Å². The maximum atomic E-state index is 12.3. The molecule has 0 bridgehead atoms. The molecule has 2 atom stereocenters. The van der Waals surface area contributed by atoms with Gasteiger partial charge < -0.3 is 20.1 Å². The van der Waals surface area contributed by atoms with E-state index >= 15 is 0 Å². The Balaban J connectivity index is 2.70. The van der Waals surface area contributed by atoms with Crippen LogP contribution in [-0.4, -0.2) is 54.0 Å². The number of nitrogens with one attached hydrogen (secondary N) is 2. The molecular formula is C21H31N3O6. The highest BCUT2D eigenvalue weighted by atomic mass is 16.6. The summed E-state index contributed by atoms with van der Waals surface area (Å²) in [7, 11) is 0. The smallest absolute Gasteiger partial charge is 0.357 e. The third-order valence-corrected chi connectivity index (χ3v) is 3.84. The summed E-state index contributed by atoms with van der Waals surface area (Å²) >= 11 is 0. The van der Waals surface area contributed by atoms with Gasteiger partial charge >= 0.3 is 11.9 Å². The largest absolute Gasteiger partial charge is 0.448 e. The van der Waals surface area contributed by atoms with Crippen molar-refractivity contribution in [3.63, 3.8) is 0 Å². The van der Waals surface area contributed by atoms with Gasteiger partial charge in [0.25, 0.3) is 11.8 Å². The Hall–Kier alpha value is -2.97. The second-order valence-electron chi connectivity index (χ2n) is 7.78. The SMILES string of the molecule is CC(C)CNC(=O)[C@@H](C)OC(=O)c1cccc(C(=O)O[C@H](C)C(=O)NCC(C)C)n1. The zero-order chi connectivity index (χ0) is 22.8. The average molecular weight is 421 g/mol. The van der Waals surface area contributed by atoms with Crippen molar-refractivity contribution in [2.45, 2.75) is 53.8 Å². The molecule has 0 saturated heterocycles. The van der Waals surface area contributed by atoms with E-state index in [0.717, 1.165) is 0 Å². The third kappa shape index (κ3) is 8.59. The minimum atomic E-state index is -1.02. The fraction of sp³-hybridized carbons (Fsp3) is 0.571. The second kappa shape index (κ2) is 11.9. The molecule has 0 aliphatic carbocycles. The number of ether oxygens (including phenoxy) is 2. The van der Waals surface area contributed by atoms with Crippen molar-refractivity contribution in [1.29, 1.82) is 0 Å². The van der Waals surface area contributed by atoms with E-state index in [9.17, 15) is 19.2 Å². The van der Waals surface area contributed by atoms with E-state index < -0.39 is 36.0 Å². The van der Waals surface area contributed by atoms with Gasteiger partial charge in [-0.25, -0.2) is 14.6 Å². The molecular weight excluding hydrogens is 390 g/mol. The Morgan fingerprint density at radius 1 is 0.767 bits per heavy atom. The molecule has 0 aliphatic rings. The van der Waals surface area contributed by atoms with Crippen molar-refractivity contribution < 1.29 is 28.7 Å². The number of hydrogen-bond donors (Lipinski definition) is 2. The first kappa shape index (κ1) is 25.1. The van der Waals surface area contributed by atoms with Crippen molar-refractivity contribution in [2.24, 2.45) is 11.8 Å². The van der Waals surface area contributed by atoms with E-state index in [2.05, 4.69) is 15.6 Å². The molecule has 1 rings (SSSR count). The summed E-state index contributed by atoms with van der Waals surface area (Å²) in [6.07, 6.45) is -2.03. The van der Waals surface area contributed by atoms with Crippen LogP contribution in [0.3, 0.4) is 0 Å². The Kier molecular flexibility index (Phi) is 9.94. The Bertz CT molecular complexity index is 704. The number of amides is 2. The second-order valence-corrected chi connectivity index (χ2v) is 7.78. The summed E-state index contributed by atoms with van der Waals surface area (Å²) in [4.78, 5) is 52.4. The highest BCUT2D eigenvalue weighted by Gasteiger charge is 2.23. The lowest BCUT2D eigenvalue weighted by Crippen LogP contribution is -2.38. The summed E-state index contributed by atoms with van der Waals surface area (Å²) in [5, 5.41) is 5.34. The normalized spacial score (nSPS) is 12.8. The lowest BCUT2D eigenvalue weighted by atomic mass is 10.2. The predicted molar refractivity (Wildman–Crippen MR) is 110 cm³/mol. The van der Waals surface area contributed by atoms with Gasteiger partial charge in [-0.1, -0.05) is 33.8 Å². The number of carbonyl (C=O) groups is 4. The molecule has 1 aromatic rings. The Morgan fingerprint density at radius 3 is 1.47 bits per heavy atom. The Labute approximate surface area is 176 Å². The molecule has 9 nitrogen and oxygen atoms in total. The van der Waals surface area contributed by atoms with Gasteiger partial charge in [-0.05, 0) is 37.8 Å². The number of hydrogen-bond acceptors (Lipinski definition) is 7. The number of esters is 2. The molecule has 2 amide bonds. The van der Waals surface area contributed by atoms with E-state index in [-0.39, 0.29) is 23.2 Å². The molecule has 9 heteroatoms. The average Bonchev–Trinajstić information content (AvgIpc) is 2.69. The standard InChI is InChI=1S/C21H31N3O6/c1-12(2)10-22-18(25)14(5)29-20(27)16-8-7-9-17(24-16)21(28)30-15(6)19(26)23-11-13(3)4/h7-9,12-15H,10-11H2,1-6H3,(H,22,25)(H,23,26)/t14-,15-/m1/s1. The van der Waals surface area contributed by atoms with E-state index in [1.54, 1.807) is 0 Å². The molecule has 0 saturated carbocycles. The van der Waals surface area contributed by atoms with Crippen LogP contribution in [0.15, 0.2) is 18.2 Å².